The molecule has 2 rings (SSSR count). The van der Waals surface area contributed by atoms with Gasteiger partial charge in [0.15, 0.2) is 0 Å². The summed E-state index contributed by atoms with van der Waals surface area (Å²) in [7, 11) is 0. The van der Waals surface area contributed by atoms with E-state index < -0.39 is 17.6 Å². The zero-order valence-corrected chi connectivity index (χ0v) is 14.7. The number of halogens is 1. The van der Waals surface area contributed by atoms with Crippen LogP contribution in [0, 0.1) is 12.8 Å². The number of amides is 1. The number of hydrogen-bond acceptors (Lipinski definition) is 5. The van der Waals surface area contributed by atoms with E-state index >= 15 is 0 Å². The van der Waals surface area contributed by atoms with Gasteiger partial charge in [-0.3, -0.25) is 9.59 Å². The van der Waals surface area contributed by atoms with Crippen molar-refractivity contribution in [3.63, 3.8) is 0 Å². The van der Waals surface area contributed by atoms with Crippen molar-refractivity contribution >= 4 is 18.3 Å². The molecule has 23 heavy (non-hydrogen) atoms. The number of rotatable bonds is 3. The molecule has 0 bridgehead atoms. The van der Waals surface area contributed by atoms with Crippen LogP contribution in [0.5, 0.6) is 0 Å². The average molecular weight is 345 g/mol. The van der Waals surface area contributed by atoms with Crippen molar-refractivity contribution < 1.29 is 9.90 Å². The standard InChI is InChI=1S/C15H24N4O3.ClH/c1-8-11(13(22)19-14(18-8)15(2,3)4)12(21)17-6-9-5-16-7-10(9)20;/h9-10,16,20H,5-7H2,1-4H3,(H,17,21)(H,18,19,22);1H. The minimum Gasteiger partial charge on any atom is -0.391 e. The number of aliphatic hydroxyl groups excluding tert-OH is 1. The second-order valence-corrected chi connectivity index (χ2v) is 6.82. The molecule has 2 atom stereocenters. The Morgan fingerprint density at radius 1 is 1.39 bits per heavy atom. The summed E-state index contributed by atoms with van der Waals surface area (Å²) in [6, 6.07) is 0. The fourth-order valence-corrected chi connectivity index (χ4v) is 2.45. The maximum absolute atomic E-state index is 12.2. The van der Waals surface area contributed by atoms with Crippen molar-refractivity contribution in [2.45, 2.75) is 39.2 Å². The number of β-amino-alcohol motifs (C(OH)–C–C–N with tert-alkyl or cyclic N) is 1. The van der Waals surface area contributed by atoms with Crippen LogP contribution >= 0.6 is 12.4 Å². The number of carbonyl (C=O) groups excluding carboxylic acids is 1. The summed E-state index contributed by atoms with van der Waals surface area (Å²) in [5.41, 5.74) is -0.275. The molecular weight excluding hydrogens is 320 g/mol. The van der Waals surface area contributed by atoms with Crippen LogP contribution in [0.25, 0.3) is 0 Å². The second-order valence-electron chi connectivity index (χ2n) is 6.82. The Kier molecular flexibility index (Phi) is 6.33. The van der Waals surface area contributed by atoms with Crippen molar-refractivity contribution in [3.05, 3.63) is 27.4 Å². The topological polar surface area (TPSA) is 107 Å². The molecule has 0 spiro atoms. The quantitative estimate of drug-likeness (QED) is 0.622. The fraction of sp³-hybridized carbons (Fsp3) is 0.667. The molecule has 4 N–H and O–H groups in total. The molecule has 1 aliphatic rings. The summed E-state index contributed by atoms with van der Waals surface area (Å²) < 4.78 is 0. The summed E-state index contributed by atoms with van der Waals surface area (Å²) in [6.07, 6.45) is -0.471. The molecule has 1 saturated heterocycles. The van der Waals surface area contributed by atoms with Crippen LogP contribution in [0.4, 0.5) is 0 Å². The van der Waals surface area contributed by atoms with Gasteiger partial charge < -0.3 is 20.7 Å². The molecule has 1 aliphatic heterocycles. The van der Waals surface area contributed by atoms with E-state index in [-0.39, 0.29) is 29.3 Å². The van der Waals surface area contributed by atoms with Gasteiger partial charge in [-0.2, -0.15) is 0 Å². The number of nitrogens with one attached hydrogen (secondary N) is 3. The molecule has 0 saturated carbocycles. The Hall–Kier alpha value is -1.44. The summed E-state index contributed by atoms with van der Waals surface area (Å²) in [4.78, 5) is 31.5. The first-order chi connectivity index (χ1) is 10.2. The zero-order valence-electron chi connectivity index (χ0n) is 13.9. The number of aryl methyl sites for hydroxylation is 1. The Labute approximate surface area is 141 Å². The highest BCUT2D eigenvalue weighted by Crippen LogP contribution is 2.17. The van der Waals surface area contributed by atoms with E-state index in [0.29, 0.717) is 31.2 Å². The maximum Gasteiger partial charge on any atom is 0.264 e. The largest absolute Gasteiger partial charge is 0.391 e. The van der Waals surface area contributed by atoms with Gasteiger partial charge in [-0.25, -0.2) is 4.98 Å². The average Bonchev–Trinajstić information content (AvgIpc) is 2.80. The number of aromatic nitrogens is 2. The van der Waals surface area contributed by atoms with Crippen LogP contribution in [0.2, 0.25) is 0 Å². The van der Waals surface area contributed by atoms with Crippen LogP contribution in [-0.2, 0) is 5.41 Å². The minimum absolute atomic E-state index is 0. The summed E-state index contributed by atoms with van der Waals surface area (Å²) in [5, 5.41) is 15.5. The van der Waals surface area contributed by atoms with Gasteiger partial charge in [0.05, 0.1) is 11.8 Å². The van der Waals surface area contributed by atoms with E-state index in [1.807, 2.05) is 20.8 Å². The molecule has 1 amide bonds. The Morgan fingerprint density at radius 3 is 2.52 bits per heavy atom. The van der Waals surface area contributed by atoms with Crippen molar-refractivity contribution in [1.29, 1.82) is 0 Å². The van der Waals surface area contributed by atoms with Crippen LogP contribution < -0.4 is 16.2 Å². The summed E-state index contributed by atoms with van der Waals surface area (Å²) in [6.45, 7) is 9.00. The molecule has 130 valence electrons. The maximum atomic E-state index is 12.2. The number of aromatic amines is 1. The molecule has 2 unspecified atom stereocenters. The Balaban J connectivity index is 0.00000264. The SMILES string of the molecule is Cc1nc(C(C)(C)C)[nH]c(=O)c1C(=O)NCC1CNCC1O.Cl. The second kappa shape index (κ2) is 7.42. The molecule has 0 aliphatic carbocycles. The van der Waals surface area contributed by atoms with Gasteiger partial charge in [0.25, 0.3) is 11.5 Å². The highest BCUT2D eigenvalue weighted by atomic mass is 35.5. The minimum atomic E-state index is -0.471. The van der Waals surface area contributed by atoms with E-state index in [2.05, 4.69) is 20.6 Å². The molecule has 0 radical (unpaired) electrons. The molecular formula is C15H25ClN4O3. The lowest BCUT2D eigenvalue weighted by Crippen LogP contribution is -2.38. The van der Waals surface area contributed by atoms with Crippen LogP contribution in [-0.4, -0.2) is 46.7 Å². The van der Waals surface area contributed by atoms with Gasteiger partial charge in [0.1, 0.15) is 11.4 Å². The molecule has 0 aromatic carbocycles. The summed E-state index contributed by atoms with van der Waals surface area (Å²) in [5.74, 6) is 0.0675. The van der Waals surface area contributed by atoms with Crippen molar-refractivity contribution in [3.8, 4) is 0 Å². The lowest BCUT2D eigenvalue weighted by molar-refractivity contribution is 0.0924. The number of nitrogens with zero attached hydrogens (tertiary/aromatic N) is 1. The Morgan fingerprint density at radius 2 is 2.04 bits per heavy atom. The van der Waals surface area contributed by atoms with Gasteiger partial charge in [-0.15, -0.1) is 12.4 Å². The lowest BCUT2D eigenvalue weighted by atomic mass is 9.95. The third kappa shape index (κ3) is 4.53. The van der Waals surface area contributed by atoms with Crippen molar-refractivity contribution in [2.24, 2.45) is 5.92 Å². The number of hydrogen-bond donors (Lipinski definition) is 4. The zero-order chi connectivity index (χ0) is 16.5. The van der Waals surface area contributed by atoms with E-state index in [1.165, 1.54) is 0 Å². The number of H-pyrrole nitrogens is 1. The van der Waals surface area contributed by atoms with Crippen molar-refractivity contribution in [1.82, 2.24) is 20.6 Å². The highest BCUT2D eigenvalue weighted by molar-refractivity contribution is 5.94. The van der Waals surface area contributed by atoms with Crippen LogP contribution in [0.1, 0.15) is 42.6 Å². The number of aliphatic hydroxyl groups is 1. The molecule has 1 fully saturated rings. The predicted octanol–water partition coefficient (Wildman–Crippen LogP) is 0.108. The van der Waals surface area contributed by atoms with E-state index in [0.717, 1.165) is 0 Å². The van der Waals surface area contributed by atoms with Crippen LogP contribution in [0.3, 0.4) is 0 Å². The van der Waals surface area contributed by atoms with E-state index in [1.54, 1.807) is 6.92 Å². The van der Waals surface area contributed by atoms with Crippen LogP contribution in [0.15, 0.2) is 4.79 Å². The molecule has 2 heterocycles. The van der Waals surface area contributed by atoms with E-state index in [9.17, 15) is 14.7 Å². The fourth-order valence-electron chi connectivity index (χ4n) is 2.45. The first kappa shape index (κ1) is 19.6. The highest BCUT2D eigenvalue weighted by Gasteiger charge is 2.26. The molecule has 1 aromatic heterocycles. The van der Waals surface area contributed by atoms with Gasteiger partial charge in [-0.05, 0) is 6.92 Å². The first-order valence-corrected chi connectivity index (χ1v) is 7.48. The Bertz CT molecular complexity index is 624. The molecule has 7 nitrogen and oxygen atoms in total. The third-order valence-corrected chi connectivity index (χ3v) is 3.87. The van der Waals surface area contributed by atoms with Gasteiger partial charge in [0.2, 0.25) is 0 Å². The summed E-state index contributed by atoms with van der Waals surface area (Å²) >= 11 is 0. The van der Waals surface area contributed by atoms with E-state index in [4.69, 9.17) is 0 Å². The van der Waals surface area contributed by atoms with Gasteiger partial charge in [0, 0.05) is 31.0 Å². The number of carbonyl (C=O) groups is 1. The molecule has 1 aromatic rings. The molecule has 8 heteroatoms. The smallest absolute Gasteiger partial charge is 0.264 e. The van der Waals surface area contributed by atoms with Gasteiger partial charge in [-0.1, -0.05) is 20.8 Å². The predicted molar refractivity (Wildman–Crippen MR) is 90.2 cm³/mol. The van der Waals surface area contributed by atoms with Crippen molar-refractivity contribution in [2.75, 3.05) is 19.6 Å². The normalized spacial score (nSPS) is 20.9. The van der Waals surface area contributed by atoms with Gasteiger partial charge >= 0.3 is 0 Å². The lowest BCUT2D eigenvalue weighted by Gasteiger charge is -2.19. The third-order valence-electron chi connectivity index (χ3n) is 3.87. The monoisotopic (exact) mass is 344 g/mol. The first-order valence-electron chi connectivity index (χ1n) is 7.48.